The average Bonchev–Trinajstić information content (AvgIpc) is 1.87. The molecule has 0 aliphatic heterocycles. The van der Waals surface area contributed by atoms with Crippen molar-refractivity contribution in [1.82, 2.24) is 0 Å². The minimum atomic E-state index is -0.856. The Morgan fingerprint density at radius 1 is 1.70 bits per heavy atom. The number of carboxylic acids is 1. The lowest BCUT2D eigenvalue weighted by molar-refractivity contribution is -0.137. The number of rotatable bonds is 5. The zero-order chi connectivity index (χ0) is 7.98. The number of hydrogen-bond acceptors (Lipinski definition) is 2. The second kappa shape index (κ2) is 5.17. The summed E-state index contributed by atoms with van der Waals surface area (Å²) in [7, 11) is 0. The topological polar surface area (TPSA) is 63.3 Å². The molecule has 60 valence electrons. The number of alkyl halides is 1. The highest BCUT2D eigenvalue weighted by molar-refractivity contribution is 5.66. The van der Waals surface area contributed by atoms with Gasteiger partial charge in [-0.15, -0.1) is 0 Å². The Bertz CT molecular complexity index is 108. The van der Waals surface area contributed by atoms with Crippen LogP contribution in [0.15, 0.2) is 0 Å². The molecule has 0 saturated carbocycles. The second-order valence-electron chi connectivity index (χ2n) is 2.20. The van der Waals surface area contributed by atoms with E-state index in [0.717, 1.165) is 0 Å². The highest BCUT2D eigenvalue weighted by atomic mass is 19.1. The van der Waals surface area contributed by atoms with Gasteiger partial charge >= 0.3 is 5.97 Å². The zero-order valence-corrected chi connectivity index (χ0v) is 5.72. The normalized spacial score (nSPS) is 13.0. The first-order valence-corrected chi connectivity index (χ1v) is 3.20. The molecular formula is C6H12FNO2. The van der Waals surface area contributed by atoms with E-state index in [2.05, 4.69) is 0 Å². The van der Waals surface area contributed by atoms with Crippen molar-refractivity contribution in [2.24, 2.45) is 5.73 Å². The number of nitrogens with two attached hydrogens (primary N) is 1. The van der Waals surface area contributed by atoms with Crippen LogP contribution < -0.4 is 5.73 Å². The number of halogens is 1. The van der Waals surface area contributed by atoms with Crippen LogP contribution >= 0.6 is 0 Å². The van der Waals surface area contributed by atoms with Crippen molar-refractivity contribution in [2.45, 2.75) is 25.3 Å². The molecule has 0 rings (SSSR count). The van der Waals surface area contributed by atoms with E-state index < -0.39 is 18.7 Å². The summed E-state index contributed by atoms with van der Waals surface area (Å²) in [6, 6.07) is -0.487. The molecule has 4 heteroatoms. The lowest BCUT2D eigenvalue weighted by Gasteiger charge is -2.03. The fourth-order valence-electron chi connectivity index (χ4n) is 0.593. The standard InChI is InChI=1S/C6H12FNO2/c7-4-5(8)2-1-3-6(9)10/h5H,1-4,8H2,(H,9,10)/t5-/m1/s1. The van der Waals surface area contributed by atoms with Gasteiger partial charge in [-0.05, 0) is 12.8 Å². The highest BCUT2D eigenvalue weighted by Gasteiger charge is 2.02. The van der Waals surface area contributed by atoms with Crippen LogP contribution in [0, 0.1) is 0 Å². The molecule has 3 N–H and O–H groups in total. The van der Waals surface area contributed by atoms with Crippen molar-refractivity contribution < 1.29 is 14.3 Å². The smallest absolute Gasteiger partial charge is 0.303 e. The van der Waals surface area contributed by atoms with Crippen molar-refractivity contribution in [2.75, 3.05) is 6.67 Å². The summed E-state index contributed by atoms with van der Waals surface area (Å²) in [5.41, 5.74) is 5.19. The Labute approximate surface area is 59.0 Å². The summed E-state index contributed by atoms with van der Waals surface area (Å²) in [6.07, 6.45) is 0.983. The Morgan fingerprint density at radius 3 is 2.70 bits per heavy atom. The first-order valence-electron chi connectivity index (χ1n) is 3.20. The predicted octanol–water partition coefficient (Wildman–Crippen LogP) is 0.538. The van der Waals surface area contributed by atoms with E-state index >= 15 is 0 Å². The fraction of sp³-hybridized carbons (Fsp3) is 0.833. The first kappa shape index (κ1) is 9.36. The van der Waals surface area contributed by atoms with Crippen LogP contribution in [0.3, 0.4) is 0 Å². The lowest BCUT2D eigenvalue weighted by Crippen LogP contribution is -2.22. The quantitative estimate of drug-likeness (QED) is 0.599. The van der Waals surface area contributed by atoms with Gasteiger partial charge in [0.25, 0.3) is 0 Å². The van der Waals surface area contributed by atoms with Gasteiger partial charge in [-0.2, -0.15) is 0 Å². The van der Waals surface area contributed by atoms with E-state index in [4.69, 9.17) is 10.8 Å². The van der Waals surface area contributed by atoms with E-state index in [0.29, 0.717) is 12.8 Å². The maximum absolute atomic E-state index is 11.6. The third kappa shape index (κ3) is 5.50. The molecule has 0 bridgehead atoms. The molecule has 0 saturated heterocycles. The van der Waals surface area contributed by atoms with Crippen LogP contribution in [-0.4, -0.2) is 23.8 Å². The lowest BCUT2D eigenvalue weighted by atomic mass is 10.1. The summed E-state index contributed by atoms with van der Waals surface area (Å²) >= 11 is 0. The Hall–Kier alpha value is -0.640. The third-order valence-electron chi connectivity index (χ3n) is 1.16. The summed E-state index contributed by atoms with van der Waals surface area (Å²) in [5.74, 6) is -0.856. The number of carbonyl (C=O) groups is 1. The van der Waals surface area contributed by atoms with Gasteiger partial charge in [0.1, 0.15) is 6.67 Å². The van der Waals surface area contributed by atoms with E-state index in [9.17, 15) is 9.18 Å². The second-order valence-corrected chi connectivity index (χ2v) is 2.20. The molecule has 0 aliphatic rings. The molecule has 0 fully saturated rings. The molecule has 0 unspecified atom stereocenters. The predicted molar refractivity (Wildman–Crippen MR) is 35.4 cm³/mol. The number of carboxylic acid groups (broad SMARTS) is 1. The number of aliphatic carboxylic acids is 1. The molecule has 1 atom stereocenters. The van der Waals surface area contributed by atoms with E-state index in [1.165, 1.54) is 0 Å². The molecule has 0 amide bonds. The maximum atomic E-state index is 11.6. The van der Waals surface area contributed by atoms with Crippen molar-refractivity contribution in [3.8, 4) is 0 Å². The molecule has 10 heavy (non-hydrogen) atoms. The maximum Gasteiger partial charge on any atom is 0.303 e. The summed E-state index contributed by atoms with van der Waals surface area (Å²) in [4.78, 5) is 9.93. The molecule has 0 heterocycles. The van der Waals surface area contributed by atoms with Crippen LogP contribution in [0.4, 0.5) is 4.39 Å². The monoisotopic (exact) mass is 149 g/mol. The van der Waals surface area contributed by atoms with E-state index in [1.807, 2.05) is 0 Å². The van der Waals surface area contributed by atoms with E-state index in [-0.39, 0.29) is 6.42 Å². The van der Waals surface area contributed by atoms with Gasteiger partial charge in [0.15, 0.2) is 0 Å². The molecular weight excluding hydrogens is 137 g/mol. The van der Waals surface area contributed by atoms with Crippen molar-refractivity contribution in [3.05, 3.63) is 0 Å². The van der Waals surface area contributed by atoms with Gasteiger partial charge < -0.3 is 10.8 Å². The minimum Gasteiger partial charge on any atom is -0.481 e. The van der Waals surface area contributed by atoms with Crippen LogP contribution in [0.2, 0.25) is 0 Å². The van der Waals surface area contributed by atoms with Gasteiger partial charge in [0.2, 0.25) is 0 Å². The zero-order valence-electron chi connectivity index (χ0n) is 5.72. The third-order valence-corrected chi connectivity index (χ3v) is 1.16. The van der Waals surface area contributed by atoms with Crippen LogP contribution in [0.1, 0.15) is 19.3 Å². The summed E-state index contributed by atoms with van der Waals surface area (Å²) < 4.78 is 11.6. The molecule has 0 aliphatic carbocycles. The SMILES string of the molecule is N[C@@H](CF)CCCC(=O)O. The Morgan fingerprint density at radius 2 is 2.30 bits per heavy atom. The molecule has 0 radical (unpaired) electrons. The van der Waals surface area contributed by atoms with Crippen LogP contribution in [0.5, 0.6) is 0 Å². The van der Waals surface area contributed by atoms with Gasteiger partial charge in [0, 0.05) is 12.5 Å². The molecule has 3 nitrogen and oxygen atoms in total. The number of hydrogen-bond donors (Lipinski definition) is 2. The van der Waals surface area contributed by atoms with Gasteiger partial charge in [-0.25, -0.2) is 4.39 Å². The Balaban J connectivity index is 3.11. The van der Waals surface area contributed by atoms with Crippen molar-refractivity contribution in [3.63, 3.8) is 0 Å². The highest BCUT2D eigenvalue weighted by Crippen LogP contribution is 1.98. The first-order chi connectivity index (χ1) is 4.66. The largest absolute Gasteiger partial charge is 0.481 e. The van der Waals surface area contributed by atoms with Gasteiger partial charge in [-0.1, -0.05) is 0 Å². The van der Waals surface area contributed by atoms with Crippen molar-refractivity contribution >= 4 is 5.97 Å². The Kier molecular flexibility index (Phi) is 4.84. The van der Waals surface area contributed by atoms with Crippen LogP contribution in [0.25, 0.3) is 0 Å². The van der Waals surface area contributed by atoms with Gasteiger partial charge in [-0.3, -0.25) is 4.79 Å². The minimum absolute atomic E-state index is 0.0771. The molecule has 0 aromatic carbocycles. The fourth-order valence-corrected chi connectivity index (χ4v) is 0.593. The average molecular weight is 149 g/mol. The summed E-state index contributed by atoms with van der Waals surface area (Å²) in [6.45, 7) is -0.570. The van der Waals surface area contributed by atoms with Crippen molar-refractivity contribution in [1.29, 1.82) is 0 Å². The molecule has 0 aromatic rings. The molecule has 0 aromatic heterocycles. The summed E-state index contributed by atoms with van der Waals surface area (Å²) in [5, 5.41) is 8.16. The van der Waals surface area contributed by atoms with Gasteiger partial charge in [0.05, 0.1) is 0 Å². The molecule has 0 spiro atoms. The van der Waals surface area contributed by atoms with Crippen LogP contribution in [-0.2, 0) is 4.79 Å². The van der Waals surface area contributed by atoms with E-state index in [1.54, 1.807) is 0 Å².